The second-order valence-electron chi connectivity index (χ2n) is 4.52. The van der Waals surface area contributed by atoms with E-state index in [9.17, 15) is 0 Å². The summed E-state index contributed by atoms with van der Waals surface area (Å²) in [6.45, 7) is 0. The summed E-state index contributed by atoms with van der Waals surface area (Å²) in [5, 5.41) is 9.89. The summed E-state index contributed by atoms with van der Waals surface area (Å²) in [6.07, 6.45) is 0. The number of nitrogens with one attached hydrogen (secondary N) is 1. The fourth-order valence-corrected chi connectivity index (χ4v) is 2.31. The lowest BCUT2D eigenvalue weighted by atomic mass is 9.97. The van der Waals surface area contributed by atoms with E-state index in [1.165, 1.54) is 16.3 Å². The molecule has 0 amide bonds. The number of nitrogens with two attached hydrogens (primary N) is 1. The van der Waals surface area contributed by atoms with E-state index in [1.54, 1.807) is 0 Å². The van der Waals surface area contributed by atoms with Gasteiger partial charge >= 0.3 is 0 Å². The Morgan fingerprint density at radius 1 is 0.800 bits per heavy atom. The van der Waals surface area contributed by atoms with E-state index in [1.807, 2.05) is 30.3 Å². The summed E-state index contributed by atoms with van der Waals surface area (Å²) in [7, 11) is 0. The predicted molar refractivity (Wildman–Crippen MR) is 87.6 cm³/mol. The minimum atomic E-state index is 0. The van der Waals surface area contributed by atoms with Gasteiger partial charge in [0.2, 0.25) is 0 Å². The number of benzene rings is 3. The third-order valence-corrected chi connectivity index (χ3v) is 3.30. The highest BCUT2D eigenvalue weighted by Crippen LogP contribution is 2.28. The third kappa shape index (κ3) is 2.51. The molecule has 0 aliphatic heterocycles. The highest BCUT2D eigenvalue weighted by atomic mass is 35.5. The van der Waals surface area contributed by atoms with Crippen LogP contribution in [0.4, 0.5) is 0 Å². The second kappa shape index (κ2) is 5.76. The number of halogens is 1. The van der Waals surface area contributed by atoms with Crippen molar-refractivity contribution in [1.29, 1.82) is 5.41 Å². The maximum absolute atomic E-state index is 7.42. The average molecular weight is 283 g/mol. The zero-order chi connectivity index (χ0) is 13.2. The lowest BCUT2D eigenvalue weighted by molar-refractivity contribution is 1.42. The van der Waals surface area contributed by atoms with Crippen LogP contribution in [0.25, 0.3) is 21.9 Å². The first kappa shape index (κ1) is 14.1. The smallest absolute Gasteiger partial charge is 0.122 e. The largest absolute Gasteiger partial charge is 0.384 e. The van der Waals surface area contributed by atoms with Crippen LogP contribution in [0.1, 0.15) is 5.56 Å². The maximum atomic E-state index is 7.42. The molecule has 0 aliphatic rings. The average Bonchev–Trinajstić information content (AvgIpc) is 2.47. The van der Waals surface area contributed by atoms with Crippen molar-refractivity contribution < 1.29 is 0 Å². The number of fused-ring (bicyclic) bond motifs is 1. The maximum Gasteiger partial charge on any atom is 0.122 e. The van der Waals surface area contributed by atoms with Crippen molar-refractivity contribution >= 4 is 29.0 Å². The molecule has 0 radical (unpaired) electrons. The first-order valence-corrected chi connectivity index (χ1v) is 6.18. The summed E-state index contributed by atoms with van der Waals surface area (Å²) in [5.41, 5.74) is 8.57. The van der Waals surface area contributed by atoms with Crippen molar-refractivity contribution in [3.05, 3.63) is 72.3 Å². The van der Waals surface area contributed by atoms with Crippen LogP contribution >= 0.6 is 12.4 Å². The van der Waals surface area contributed by atoms with Crippen LogP contribution < -0.4 is 5.73 Å². The minimum absolute atomic E-state index is 0. The van der Waals surface area contributed by atoms with E-state index in [0.717, 1.165) is 11.1 Å². The Kier molecular flexibility index (Phi) is 4.06. The Bertz CT molecular complexity index is 743. The summed E-state index contributed by atoms with van der Waals surface area (Å²) in [4.78, 5) is 0. The highest BCUT2D eigenvalue weighted by molar-refractivity contribution is 5.98. The zero-order valence-corrected chi connectivity index (χ0v) is 11.7. The molecule has 3 N–H and O–H groups in total. The van der Waals surface area contributed by atoms with Crippen molar-refractivity contribution in [3.8, 4) is 11.1 Å². The van der Waals surface area contributed by atoms with Crippen molar-refractivity contribution in [2.45, 2.75) is 0 Å². The van der Waals surface area contributed by atoms with Crippen molar-refractivity contribution in [2.24, 2.45) is 5.73 Å². The lowest BCUT2D eigenvalue weighted by Gasteiger charge is -2.07. The van der Waals surface area contributed by atoms with E-state index >= 15 is 0 Å². The van der Waals surface area contributed by atoms with E-state index in [4.69, 9.17) is 11.1 Å². The molecular weight excluding hydrogens is 268 g/mol. The van der Waals surface area contributed by atoms with Crippen LogP contribution in [-0.2, 0) is 0 Å². The molecule has 3 heteroatoms. The molecule has 0 unspecified atom stereocenters. The molecule has 0 aliphatic carbocycles. The van der Waals surface area contributed by atoms with E-state index in [2.05, 4.69) is 36.4 Å². The summed E-state index contributed by atoms with van der Waals surface area (Å²) >= 11 is 0. The van der Waals surface area contributed by atoms with Crippen LogP contribution in [-0.4, -0.2) is 5.84 Å². The van der Waals surface area contributed by atoms with Crippen molar-refractivity contribution in [3.63, 3.8) is 0 Å². The van der Waals surface area contributed by atoms with Crippen LogP contribution in [0.2, 0.25) is 0 Å². The van der Waals surface area contributed by atoms with Gasteiger partial charge in [-0.1, -0.05) is 66.7 Å². The van der Waals surface area contributed by atoms with Crippen LogP contribution in [0.15, 0.2) is 66.7 Å². The molecule has 2 nitrogen and oxygen atoms in total. The number of rotatable bonds is 2. The van der Waals surface area contributed by atoms with Gasteiger partial charge in [0.1, 0.15) is 5.84 Å². The Labute approximate surface area is 124 Å². The van der Waals surface area contributed by atoms with Gasteiger partial charge in [0.25, 0.3) is 0 Å². The zero-order valence-electron chi connectivity index (χ0n) is 10.8. The lowest BCUT2D eigenvalue weighted by Crippen LogP contribution is -2.10. The van der Waals surface area contributed by atoms with Gasteiger partial charge in [0.05, 0.1) is 0 Å². The molecule has 3 rings (SSSR count). The van der Waals surface area contributed by atoms with Gasteiger partial charge in [-0.25, -0.2) is 0 Å². The molecule has 0 saturated carbocycles. The monoisotopic (exact) mass is 282 g/mol. The fourth-order valence-electron chi connectivity index (χ4n) is 2.31. The van der Waals surface area contributed by atoms with E-state index in [-0.39, 0.29) is 18.2 Å². The van der Waals surface area contributed by atoms with Crippen LogP contribution in [0.3, 0.4) is 0 Å². The van der Waals surface area contributed by atoms with E-state index in [0.29, 0.717) is 0 Å². The third-order valence-electron chi connectivity index (χ3n) is 3.30. The topological polar surface area (TPSA) is 49.9 Å². The molecule has 0 saturated heterocycles. The molecule has 0 spiro atoms. The molecule has 0 heterocycles. The van der Waals surface area contributed by atoms with Gasteiger partial charge in [-0.05, 0) is 21.9 Å². The Hall–Kier alpha value is -2.32. The number of nitrogen functional groups attached to an aromatic ring is 1. The molecule has 20 heavy (non-hydrogen) atoms. The van der Waals surface area contributed by atoms with Gasteiger partial charge in [0, 0.05) is 5.56 Å². The first-order valence-electron chi connectivity index (χ1n) is 6.18. The molecule has 0 fully saturated rings. The standard InChI is InChI=1S/C17H14N2.ClH/c18-17(19)14-10-8-13(9-11-14)16-7-3-5-12-4-1-2-6-15(12)16;/h1-11H,(H3,18,19);1H. The van der Waals surface area contributed by atoms with Gasteiger partial charge in [-0.3, -0.25) is 5.41 Å². The normalized spacial score (nSPS) is 10.0. The molecule has 0 bridgehead atoms. The molecule has 3 aromatic rings. The van der Waals surface area contributed by atoms with Crippen LogP contribution in [0, 0.1) is 5.41 Å². The summed E-state index contributed by atoms with van der Waals surface area (Å²) < 4.78 is 0. The molecule has 100 valence electrons. The number of hydrogen-bond acceptors (Lipinski definition) is 1. The molecule has 0 aromatic heterocycles. The van der Waals surface area contributed by atoms with E-state index < -0.39 is 0 Å². The van der Waals surface area contributed by atoms with Crippen LogP contribution in [0.5, 0.6) is 0 Å². The SMILES string of the molecule is Cl.N=C(N)c1ccc(-c2cccc3ccccc23)cc1. The highest BCUT2D eigenvalue weighted by Gasteiger charge is 2.03. The Morgan fingerprint density at radius 2 is 1.45 bits per heavy atom. The molecule has 0 atom stereocenters. The van der Waals surface area contributed by atoms with Gasteiger partial charge in [-0.2, -0.15) is 0 Å². The van der Waals surface area contributed by atoms with Gasteiger partial charge in [0.15, 0.2) is 0 Å². The summed E-state index contributed by atoms with van der Waals surface area (Å²) in [6, 6.07) is 22.4. The van der Waals surface area contributed by atoms with Gasteiger partial charge < -0.3 is 5.73 Å². The number of hydrogen-bond donors (Lipinski definition) is 2. The fraction of sp³-hybridized carbons (Fsp3) is 0. The first-order chi connectivity index (χ1) is 9.25. The van der Waals surface area contributed by atoms with Crippen molar-refractivity contribution in [1.82, 2.24) is 0 Å². The number of amidine groups is 1. The Balaban J connectivity index is 0.00000147. The second-order valence-corrected chi connectivity index (χ2v) is 4.52. The predicted octanol–water partition coefficient (Wildman–Crippen LogP) is 4.21. The molecular formula is C17H15ClN2. The van der Waals surface area contributed by atoms with Gasteiger partial charge in [-0.15, -0.1) is 12.4 Å². The summed E-state index contributed by atoms with van der Waals surface area (Å²) in [5.74, 6) is 0.101. The Morgan fingerprint density at radius 3 is 2.15 bits per heavy atom. The quantitative estimate of drug-likeness (QED) is 0.537. The molecule has 3 aromatic carbocycles. The minimum Gasteiger partial charge on any atom is -0.384 e. The van der Waals surface area contributed by atoms with Crippen molar-refractivity contribution in [2.75, 3.05) is 0 Å².